The molecule has 5 unspecified atom stereocenters. The maximum atomic E-state index is 3.72. The average molecular weight is 276 g/mol. The van der Waals surface area contributed by atoms with Gasteiger partial charge < -0.3 is 5.32 Å². The van der Waals surface area contributed by atoms with Crippen molar-refractivity contribution in [2.75, 3.05) is 12.3 Å². The van der Waals surface area contributed by atoms with Crippen LogP contribution in [0.3, 0.4) is 0 Å². The summed E-state index contributed by atoms with van der Waals surface area (Å²) < 4.78 is 0. The second-order valence-corrected chi connectivity index (χ2v) is 8.36. The summed E-state index contributed by atoms with van der Waals surface area (Å²) in [7, 11) is 0. The van der Waals surface area contributed by atoms with Crippen LogP contribution in [0, 0.1) is 5.92 Å². The topological polar surface area (TPSA) is 12.0 Å². The highest BCUT2D eigenvalue weighted by Crippen LogP contribution is 2.38. The molecule has 0 spiro atoms. The van der Waals surface area contributed by atoms with Crippen LogP contribution in [0.25, 0.3) is 0 Å². The fourth-order valence-electron chi connectivity index (χ4n) is 2.25. The van der Waals surface area contributed by atoms with Crippen LogP contribution in [0.5, 0.6) is 0 Å². The standard InChI is InChI=1S/C14H29NS2/c1-6-10(3)8-13(15-7-2)14-9-16-11(4)12(5)17-14/h10-15H,6-9H2,1-5H3. The van der Waals surface area contributed by atoms with Gasteiger partial charge in [-0.25, -0.2) is 0 Å². The molecular formula is C14H29NS2. The van der Waals surface area contributed by atoms with Gasteiger partial charge in [-0.1, -0.05) is 41.0 Å². The molecule has 0 aliphatic carbocycles. The van der Waals surface area contributed by atoms with Crippen molar-refractivity contribution in [3.63, 3.8) is 0 Å². The molecule has 5 atom stereocenters. The third-order valence-electron chi connectivity index (χ3n) is 3.84. The Bertz CT molecular complexity index is 210. The molecule has 0 radical (unpaired) electrons. The van der Waals surface area contributed by atoms with Gasteiger partial charge in [0, 0.05) is 27.5 Å². The molecule has 0 amide bonds. The Labute approximate surface area is 116 Å². The minimum atomic E-state index is 0.711. The van der Waals surface area contributed by atoms with Crippen molar-refractivity contribution in [3.8, 4) is 0 Å². The van der Waals surface area contributed by atoms with E-state index in [1.165, 1.54) is 18.6 Å². The molecule has 0 bridgehead atoms. The highest BCUT2D eigenvalue weighted by molar-refractivity contribution is 8.07. The van der Waals surface area contributed by atoms with Gasteiger partial charge in [0.2, 0.25) is 0 Å². The van der Waals surface area contributed by atoms with Gasteiger partial charge in [0.1, 0.15) is 0 Å². The lowest BCUT2D eigenvalue weighted by Gasteiger charge is -2.37. The monoisotopic (exact) mass is 275 g/mol. The predicted octanol–water partition coefficient (Wildman–Crippen LogP) is 4.03. The molecule has 1 saturated heterocycles. The van der Waals surface area contributed by atoms with E-state index in [1.807, 2.05) is 0 Å². The van der Waals surface area contributed by atoms with Gasteiger partial charge in [0.05, 0.1) is 0 Å². The van der Waals surface area contributed by atoms with Gasteiger partial charge in [-0.3, -0.25) is 0 Å². The zero-order chi connectivity index (χ0) is 12.8. The Morgan fingerprint density at radius 3 is 2.47 bits per heavy atom. The zero-order valence-electron chi connectivity index (χ0n) is 12.0. The Kier molecular flexibility index (Phi) is 7.36. The van der Waals surface area contributed by atoms with Crippen LogP contribution in [-0.2, 0) is 0 Å². The van der Waals surface area contributed by atoms with E-state index in [-0.39, 0.29) is 0 Å². The lowest BCUT2D eigenvalue weighted by atomic mass is 9.97. The minimum Gasteiger partial charge on any atom is -0.313 e. The molecule has 0 aromatic heterocycles. The van der Waals surface area contributed by atoms with Crippen molar-refractivity contribution in [1.82, 2.24) is 5.32 Å². The number of rotatable bonds is 6. The van der Waals surface area contributed by atoms with E-state index in [0.29, 0.717) is 6.04 Å². The number of hydrogen-bond acceptors (Lipinski definition) is 3. The summed E-state index contributed by atoms with van der Waals surface area (Å²) in [6, 6.07) is 0.711. The van der Waals surface area contributed by atoms with Crippen molar-refractivity contribution >= 4 is 23.5 Å². The molecular weight excluding hydrogens is 246 g/mol. The molecule has 0 aromatic rings. The number of thioether (sulfide) groups is 2. The summed E-state index contributed by atoms with van der Waals surface area (Å²) in [6.07, 6.45) is 2.64. The third-order valence-corrected chi connectivity index (χ3v) is 7.39. The lowest BCUT2D eigenvalue weighted by Crippen LogP contribution is -2.44. The first-order valence-corrected chi connectivity index (χ1v) is 9.08. The summed E-state index contributed by atoms with van der Waals surface area (Å²) in [4.78, 5) is 0. The van der Waals surface area contributed by atoms with Crippen LogP contribution in [0.15, 0.2) is 0 Å². The smallest absolute Gasteiger partial charge is 0.0294 e. The van der Waals surface area contributed by atoms with Gasteiger partial charge >= 0.3 is 0 Å². The SMILES string of the molecule is CCNC(CC(C)CC)C1CSC(C)C(C)S1. The summed E-state index contributed by atoms with van der Waals surface area (Å²) in [5.41, 5.74) is 0. The summed E-state index contributed by atoms with van der Waals surface area (Å²) in [5, 5.41) is 6.15. The molecule has 1 fully saturated rings. The van der Waals surface area contributed by atoms with Gasteiger partial charge in [-0.05, 0) is 18.9 Å². The predicted molar refractivity (Wildman–Crippen MR) is 84.3 cm³/mol. The largest absolute Gasteiger partial charge is 0.313 e. The Balaban J connectivity index is 2.51. The second kappa shape index (κ2) is 7.96. The second-order valence-electron chi connectivity index (χ2n) is 5.33. The van der Waals surface area contributed by atoms with E-state index in [4.69, 9.17) is 0 Å². The summed E-state index contributed by atoms with van der Waals surface area (Å²) in [5.74, 6) is 2.17. The maximum absolute atomic E-state index is 3.72. The van der Waals surface area contributed by atoms with Gasteiger partial charge in [-0.2, -0.15) is 23.5 Å². The quantitative estimate of drug-likeness (QED) is 0.786. The van der Waals surface area contributed by atoms with Crippen molar-refractivity contribution in [2.45, 2.75) is 69.3 Å². The fraction of sp³-hybridized carbons (Fsp3) is 1.00. The summed E-state index contributed by atoms with van der Waals surface area (Å²) in [6.45, 7) is 12.8. The normalized spacial score (nSPS) is 33.4. The first-order chi connectivity index (χ1) is 8.08. The molecule has 1 aliphatic rings. The fourth-order valence-corrected chi connectivity index (χ4v) is 5.39. The van der Waals surface area contributed by atoms with Crippen LogP contribution in [0.4, 0.5) is 0 Å². The van der Waals surface area contributed by atoms with Crippen molar-refractivity contribution < 1.29 is 0 Å². The molecule has 1 rings (SSSR count). The summed E-state index contributed by atoms with van der Waals surface area (Å²) >= 11 is 4.37. The van der Waals surface area contributed by atoms with E-state index in [2.05, 4.69) is 63.5 Å². The highest BCUT2D eigenvalue weighted by Gasteiger charge is 2.31. The first-order valence-electron chi connectivity index (χ1n) is 7.08. The Hall–Kier alpha value is 0.660. The Morgan fingerprint density at radius 2 is 1.94 bits per heavy atom. The molecule has 1 nitrogen and oxygen atoms in total. The maximum Gasteiger partial charge on any atom is 0.0294 e. The molecule has 3 heteroatoms. The van der Waals surface area contributed by atoms with Gasteiger partial charge in [-0.15, -0.1) is 0 Å². The molecule has 1 heterocycles. The molecule has 1 N–H and O–H groups in total. The molecule has 102 valence electrons. The molecule has 0 saturated carbocycles. The van der Waals surface area contributed by atoms with Crippen LogP contribution in [-0.4, -0.2) is 34.1 Å². The van der Waals surface area contributed by atoms with Crippen molar-refractivity contribution in [3.05, 3.63) is 0 Å². The van der Waals surface area contributed by atoms with Crippen LogP contribution in [0.1, 0.15) is 47.5 Å². The minimum absolute atomic E-state index is 0.711. The van der Waals surface area contributed by atoms with E-state index in [1.54, 1.807) is 0 Å². The van der Waals surface area contributed by atoms with E-state index < -0.39 is 0 Å². The first kappa shape index (κ1) is 15.7. The average Bonchev–Trinajstić information content (AvgIpc) is 2.32. The molecule has 17 heavy (non-hydrogen) atoms. The van der Waals surface area contributed by atoms with E-state index in [9.17, 15) is 0 Å². The van der Waals surface area contributed by atoms with Crippen LogP contribution < -0.4 is 5.32 Å². The number of nitrogens with one attached hydrogen (secondary N) is 1. The third kappa shape index (κ3) is 5.04. The van der Waals surface area contributed by atoms with E-state index >= 15 is 0 Å². The van der Waals surface area contributed by atoms with E-state index in [0.717, 1.165) is 28.2 Å². The lowest BCUT2D eigenvalue weighted by molar-refractivity contribution is 0.397. The highest BCUT2D eigenvalue weighted by atomic mass is 32.2. The van der Waals surface area contributed by atoms with Crippen molar-refractivity contribution in [1.29, 1.82) is 0 Å². The van der Waals surface area contributed by atoms with Gasteiger partial charge in [0.15, 0.2) is 0 Å². The zero-order valence-corrected chi connectivity index (χ0v) is 13.7. The van der Waals surface area contributed by atoms with Crippen molar-refractivity contribution in [2.24, 2.45) is 5.92 Å². The van der Waals surface area contributed by atoms with Crippen LogP contribution in [0.2, 0.25) is 0 Å². The molecule has 1 aliphatic heterocycles. The van der Waals surface area contributed by atoms with Crippen LogP contribution >= 0.6 is 23.5 Å². The Morgan fingerprint density at radius 1 is 1.24 bits per heavy atom. The molecule has 0 aromatic carbocycles. The van der Waals surface area contributed by atoms with Gasteiger partial charge in [0.25, 0.3) is 0 Å². The number of hydrogen-bond donors (Lipinski definition) is 1.